The summed E-state index contributed by atoms with van der Waals surface area (Å²) in [6, 6.07) is 23.0. The molecule has 0 aliphatic heterocycles. The summed E-state index contributed by atoms with van der Waals surface area (Å²) in [4.78, 5) is 24.6. The molecule has 0 atom stereocenters. The van der Waals surface area contributed by atoms with Crippen LogP contribution in [0.4, 0.5) is 21.9 Å². The number of hydrogen-bond donors (Lipinski definition) is 3. The van der Waals surface area contributed by atoms with Crippen LogP contribution < -0.4 is 16.0 Å². The summed E-state index contributed by atoms with van der Waals surface area (Å²) in [6.45, 7) is 0.442. The number of anilines is 3. The summed E-state index contributed by atoms with van der Waals surface area (Å²) in [5.74, 6) is -0.233. The highest BCUT2D eigenvalue weighted by Gasteiger charge is 2.08. The summed E-state index contributed by atoms with van der Waals surface area (Å²) in [5, 5.41) is 8.34. The Morgan fingerprint density at radius 3 is 2.14 bits per heavy atom. The molecule has 0 heterocycles. The van der Waals surface area contributed by atoms with Crippen LogP contribution in [0.5, 0.6) is 0 Å². The van der Waals surface area contributed by atoms with Gasteiger partial charge in [-0.05, 0) is 48.0 Å². The zero-order chi connectivity index (χ0) is 19.8. The Morgan fingerprint density at radius 2 is 1.39 bits per heavy atom. The largest absolute Gasteiger partial charge is 0.380 e. The lowest BCUT2D eigenvalue weighted by Gasteiger charge is -2.10. The van der Waals surface area contributed by atoms with Crippen LogP contribution in [-0.2, 0) is 11.3 Å². The van der Waals surface area contributed by atoms with Gasteiger partial charge in [-0.2, -0.15) is 0 Å². The number of amides is 3. The Bertz CT molecular complexity index is 958. The van der Waals surface area contributed by atoms with Gasteiger partial charge in [-0.15, -0.1) is 0 Å². The van der Waals surface area contributed by atoms with E-state index < -0.39 is 0 Å². The average molecular weight is 375 g/mol. The lowest BCUT2D eigenvalue weighted by molar-refractivity contribution is 0.102. The SMILES string of the molecule is COCc1cccc(C(=O)Nc2cccc(NC(=O)Nc3ccccc3)c2)c1. The summed E-state index contributed by atoms with van der Waals surface area (Å²) < 4.78 is 5.10. The van der Waals surface area contributed by atoms with E-state index in [9.17, 15) is 9.59 Å². The fourth-order valence-corrected chi connectivity index (χ4v) is 2.66. The number of ether oxygens (including phenoxy) is 1. The highest BCUT2D eigenvalue weighted by molar-refractivity contribution is 6.05. The number of methoxy groups -OCH3 is 1. The minimum absolute atomic E-state index is 0.233. The van der Waals surface area contributed by atoms with Gasteiger partial charge in [-0.1, -0.05) is 36.4 Å². The number of rotatable bonds is 6. The molecule has 0 saturated carbocycles. The Morgan fingerprint density at radius 1 is 0.750 bits per heavy atom. The molecule has 6 heteroatoms. The van der Waals surface area contributed by atoms with Gasteiger partial charge in [0.25, 0.3) is 5.91 Å². The van der Waals surface area contributed by atoms with Crippen molar-refractivity contribution in [3.8, 4) is 0 Å². The van der Waals surface area contributed by atoms with Crippen molar-refractivity contribution in [1.82, 2.24) is 0 Å². The zero-order valence-electron chi connectivity index (χ0n) is 15.4. The highest BCUT2D eigenvalue weighted by Crippen LogP contribution is 2.17. The molecule has 0 aromatic heterocycles. The first-order chi connectivity index (χ1) is 13.6. The van der Waals surface area contributed by atoms with Crippen LogP contribution in [-0.4, -0.2) is 19.0 Å². The molecule has 3 rings (SSSR count). The lowest BCUT2D eigenvalue weighted by atomic mass is 10.1. The standard InChI is InChI=1S/C22H21N3O3/c1-28-15-16-7-5-8-17(13-16)21(26)23-19-11-6-12-20(14-19)25-22(27)24-18-9-3-2-4-10-18/h2-14H,15H2,1H3,(H,23,26)(H2,24,25,27). The van der Waals surface area contributed by atoms with Crippen molar-refractivity contribution in [2.24, 2.45) is 0 Å². The van der Waals surface area contributed by atoms with Crippen LogP contribution in [0.2, 0.25) is 0 Å². The predicted molar refractivity (Wildman–Crippen MR) is 111 cm³/mol. The van der Waals surface area contributed by atoms with Gasteiger partial charge in [0.2, 0.25) is 0 Å². The summed E-state index contributed by atoms with van der Waals surface area (Å²) in [7, 11) is 1.61. The van der Waals surface area contributed by atoms with Gasteiger partial charge in [0.05, 0.1) is 6.61 Å². The first-order valence-corrected chi connectivity index (χ1v) is 8.76. The molecule has 0 aliphatic rings. The van der Waals surface area contributed by atoms with Crippen molar-refractivity contribution in [2.75, 3.05) is 23.1 Å². The van der Waals surface area contributed by atoms with Crippen molar-refractivity contribution in [3.05, 3.63) is 90.0 Å². The Labute approximate surface area is 163 Å². The van der Waals surface area contributed by atoms with Crippen molar-refractivity contribution in [1.29, 1.82) is 0 Å². The fraction of sp³-hybridized carbons (Fsp3) is 0.0909. The van der Waals surface area contributed by atoms with E-state index in [0.717, 1.165) is 5.56 Å². The van der Waals surface area contributed by atoms with Gasteiger partial charge < -0.3 is 20.7 Å². The van der Waals surface area contributed by atoms with Gasteiger partial charge in [-0.25, -0.2) is 4.79 Å². The number of urea groups is 1. The van der Waals surface area contributed by atoms with Gasteiger partial charge in [-0.3, -0.25) is 4.79 Å². The molecule has 6 nitrogen and oxygen atoms in total. The van der Waals surface area contributed by atoms with E-state index in [2.05, 4.69) is 16.0 Å². The van der Waals surface area contributed by atoms with Crippen LogP contribution in [0, 0.1) is 0 Å². The Hall–Kier alpha value is -3.64. The van der Waals surface area contributed by atoms with E-state index in [-0.39, 0.29) is 11.9 Å². The third-order valence-corrected chi connectivity index (χ3v) is 3.91. The number of para-hydroxylation sites is 1. The van der Waals surface area contributed by atoms with Crippen LogP contribution in [0.3, 0.4) is 0 Å². The zero-order valence-corrected chi connectivity index (χ0v) is 15.4. The van der Waals surface area contributed by atoms with Crippen molar-refractivity contribution < 1.29 is 14.3 Å². The Kier molecular flexibility index (Phi) is 6.38. The fourth-order valence-electron chi connectivity index (χ4n) is 2.66. The van der Waals surface area contributed by atoms with Crippen molar-refractivity contribution in [3.63, 3.8) is 0 Å². The molecule has 0 radical (unpaired) electrons. The maximum Gasteiger partial charge on any atom is 0.323 e. The molecular weight excluding hydrogens is 354 g/mol. The maximum absolute atomic E-state index is 12.5. The predicted octanol–water partition coefficient (Wildman–Crippen LogP) is 4.73. The Balaban J connectivity index is 1.63. The van der Waals surface area contributed by atoms with Crippen LogP contribution >= 0.6 is 0 Å². The first kappa shape index (κ1) is 19.1. The third-order valence-electron chi connectivity index (χ3n) is 3.91. The second-order valence-corrected chi connectivity index (χ2v) is 6.11. The van der Waals surface area contributed by atoms with Gasteiger partial charge in [0, 0.05) is 29.7 Å². The number of nitrogens with one attached hydrogen (secondary N) is 3. The summed E-state index contributed by atoms with van der Waals surface area (Å²) in [5.41, 5.74) is 3.30. The molecular formula is C22H21N3O3. The van der Waals surface area contributed by atoms with Crippen LogP contribution in [0.1, 0.15) is 15.9 Å². The van der Waals surface area contributed by atoms with E-state index in [0.29, 0.717) is 29.2 Å². The van der Waals surface area contributed by atoms with E-state index in [4.69, 9.17) is 4.74 Å². The number of carbonyl (C=O) groups excluding carboxylic acids is 2. The highest BCUT2D eigenvalue weighted by atomic mass is 16.5. The molecule has 0 bridgehead atoms. The van der Waals surface area contributed by atoms with E-state index >= 15 is 0 Å². The third kappa shape index (κ3) is 5.43. The molecule has 0 saturated heterocycles. The number of hydrogen-bond acceptors (Lipinski definition) is 3. The van der Waals surface area contributed by atoms with Crippen LogP contribution in [0.15, 0.2) is 78.9 Å². The van der Waals surface area contributed by atoms with Gasteiger partial charge in [0.15, 0.2) is 0 Å². The average Bonchev–Trinajstić information content (AvgIpc) is 2.69. The van der Waals surface area contributed by atoms with Gasteiger partial charge >= 0.3 is 6.03 Å². The molecule has 0 aliphatic carbocycles. The monoisotopic (exact) mass is 375 g/mol. The molecule has 0 fully saturated rings. The van der Waals surface area contributed by atoms with E-state index in [1.807, 2.05) is 30.3 Å². The number of carbonyl (C=O) groups is 2. The maximum atomic E-state index is 12.5. The number of benzene rings is 3. The molecule has 3 N–H and O–H groups in total. The smallest absolute Gasteiger partial charge is 0.323 e. The second-order valence-electron chi connectivity index (χ2n) is 6.11. The molecule has 3 aromatic rings. The molecule has 28 heavy (non-hydrogen) atoms. The topological polar surface area (TPSA) is 79.5 Å². The quantitative estimate of drug-likeness (QED) is 0.583. The first-order valence-electron chi connectivity index (χ1n) is 8.76. The second kappa shape index (κ2) is 9.34. The molecule has 3 amide bonds. The van der Waals surface area contributed by atoms with Crippen molar-refractivity contribution >= 4 is 29.0 Å². The van der Waals surface area contributed by atoms with E-state index in [1.54, 1.807) is 55.6 Å². The van der Waals surface area contributed by atoms with Crippen molar-refractivity contribution in [2.45, 2.75) is 6.61 Å². The minimum Gasteiger partial charge on any atom is -0.380 e. The summed E-state index contributed by atoms with van der Waals surface area (Å²) in [6.07, 6.45) is 0. The normalized spacial score (nSPS) is 10.2. The minimum atomic E-state index is -0.359. The molecule has 0 unspecified atom stereocenters. The lowest BCUT2D eigenvalue weighted by Crippen LogP contribution is -2.19. The molecule has 3 aromatic carbocycles. The van der Waals surface area contributed by atoms with Gasteiger partial charge in [0.1, 0.15) is 0 Å². The van der Waals surface area contributed by atoms with Crippen LogP contribution in [0.25, 0.3) is 0 Å². The van der Waals surface area contributed by atoms with E-state index in [1.165, 1.54) is 0 Å². The summed E-state index contributed by atoms with van der Waals surface area (Å²) >= 11 is 0. The molecule has 0 spiro atoms. The molecule has 142 valence electrons.